The van der Waals surface area contributed by atoms with Crippen LogP contribution in [-0.4, -0.2) is 23.4 Å². The number of halogens is 1. The van der Waals surface area contributed by atoms with Gasteiger partial charge in [0.1, 0.15) is 5.82 Å². The Bertz CT molecular complexity index is 502. The predicted molar refractivity (Wildman–Crippen MR) is 70.8 cm³/mol. The molecule has 0 unspecified atom stereocenters. The average molecular weight is 247 g/mol. The van der Waals surface area contributed by atoms with E-state index in [1.54, 1.807) is 12.1 Å². The third-order valence-electron chi connectivity index (χ3n) is 2.93. The van der Waals surface area contributed by atoms with Crippen LogP contribution >= 0.6 is 0 Å². The highest BCUT2D eigenvalue weighted by molar-refractivity contribution is 5.59. The molecule has 2 aromatic rings. The van der Waals surface area contributed by atoms with E-state index in [1.807, 2.05) is 18.8 Å². The molecule has 1 heterocycles. The summed E-state index contributed by atoms with van der Waals surface area (Å²) in [5.74, 6) is -0.213. The summed E-state index contributed by atoms with van der Waals surface area (Å²) in [5.41, 5.74) is 3.09. The lowest BCUT2D eigenvalue weighted by atomic mass is 10.1. The van der Waals surface area contributed by atoms with Crippen LogP contribution in [0.5, 0.6) is 0 Å². The van der Waals surface area contributed by atoms with Crippen LogP contribution < -0.4 is 5.32 Å². The van der Waals surface area contributed by atoms with Crippen LogP contribution in [0.4, 0.5) is 4.39 Å². The SMILES string of the molecule is CNCCCc1cc(-c2ccc(F)cc2)n(C)n1. The van der Waals surface area contributed by atoms with Gasteiger partial charge in [-0.15, -0.1) is 0 Å². The summed E-state index contributed by atoms with van der Waals surface area (Å²) >= 11 is 0. The number of nitrogens with zero attached hydrogens (tertiary/aromatic N) is 2. The number of benzene rings is 1. The molecular formula is C14H18FN3. The fourth-order valence-electron chi connectivity index (χ4n) is 1.99. The van der Waals surface area contributed by atoms with Crippen molar-refractivity contribution in [1.29, 1.82) is 0 Å². The summed E-state index contributed by atoms with van der Waals surface area (Å²) in [6, 6.07) is 8.59. The maximum atomic E-state index is 12.9. The minimum absolute atomic E-state index is 0.213. The van der Waals surface area contributed by atoms with Crippen molar-refractivity contribution >= 4 is 0 Å². The minimum Gasteiger partial charge on any atom is -0.320 e. The molecule has 0 amide bonds. The molecule has 0 saturated heterocycles. The third kappa shape index (κ3) is 2.96. The molecule has 2 rings (SSSR count). The van der Waals surface area contributed by atoms with Gasteiger partial charge < -0.3 is 5.32 Å². The average Bonchev–Trinajstić information content (AvgIpc) is 2.72. The summed E-state index contributed by atoms with van der Waals surface area (Å²) in [4.78, 5) is 0. The number of nitrogens with one attached hydrogen (secondary N) is 1. The van der Waals surface area contributed by atoms with Crippen LogP contribution in [0.3, 0.4) is 0 Å². The van der Waals surface area contributed by atoms with Gasteiger partial charge in [0.05, 0.1) is 11.4 Å². The Morgan fingerprint density at radius 1 is 1.28 bits per heavy atom. The molecule has 4 heteroatoms. The zero-order chi connectivity index (χ0) is 13.0. The Balaban J connectivity index is 2.16. The van der Waals surface area contributed by atoms with Gasteiger partial charge in [-0.05, 0) is 62.3 Å². The number of hydrogen-bond donors (Lipinski definition) is 1. The molecule has 0 spiro atoms. The Morgan fingerprint density at radius 2 is 2.00 bits per heavy atom. The van der Waals surface area contributed by atoms with Crippen molar-refractivity contribution in [3.63, 3.8) is 0 Å². The van der Waals surface area contributed by atoms with Crippen molar-refractivity contribution in [2.75, 3.05) is 13.6 Å². The van der Waals surface area contributed by atoms with Crippen molar-refractivity contribution in [1.82, 2.24) is 15.1 Å². The van der Waals surface area contributed by atoms with Crippen molar-refractivity contribution < 1.29 is 4.39 Å². The number of aryl methyl sites for hydroxylation is 2. The predicted octanol–water partition coefficient (Wildman–Crippen LogP) is 2.38. The van der Waals surface area contributed by atoms with E-state index in [4.69, 9.17) is 0 Å². The van der Waals surface area contributed by atoms with Gasteiger partial charge in [-0.3, -0.25) is 4.68 Å². The van der Waals surface area contributed by atoms with E-state index >= 15 is 0 Å². The van der Waals surface area contributed by atoms with E-state index in [-0.39, 0.29) is 5.82 Å². The molecule has 0 aliphatic rings. The van der Waals surface area contributed by atoms with Gasteiger partial charge in [-0.25, -0.2) is 4.39 Å². The zero-order valence-corrected chi connectivity index (χ0v) is 10.8. The highest BCUT2D eigenvalue weighted by Crippen LogP contribution is 2.20. The summed E-state index contributed by atoms with van der Waals surface area (Å²) in [5, 5.41) is 7.60. The lowest BCUT2D eigenvalue weighted by Crippen LogP contribution is -2.08. The molecular weight excluding hydrogens is 229 g/mol. The smallest absolute Gasteiger partial charge is 0.123 e. The van der Waals surface area contributed by atoms with Crippen LogP contribution in [-0.2, 0) is 13.5 Å². The van der Waals surface area contributed by atoms with Gasteiger partial charge in [-0.1, -0.05) is 0 Å². The molecule has 0 radical (unpaired) electrons. The van der Waals surface area contributed by atoms with Crippen LogP contribution in [0.1, 0.15) is 12.1 Å². The topological polar surface area (TPSA) is 29.9 Å². The Kier molecular flexibility index (Phi) is 4.10. The van der Waals surface area contributed by atoms with E-state index in [2.05, 4.69) is 16.5 Å². The van der Waals surface area contributed by atoms with Gasteiger partial charge in [-0.2, -0.15) is 5.10 Å². The Morgan fingerprint density at radius 3 is 2.67 bits per heavy atom. The molecule has 0 aliphatic carbocycles. The quantitative estimate of drug-likeness (QED) is 0.822. The van der Waals surface area contributed by atoms with Gasteiger partial charge in [0, 0.05) is 7.05 Å². The van der Waals surface area contributed by atoms with Crippen molar-refractivity contribution in [2.24, 2.45) is 7.05 Å². The Labute approximate surface area is 107 Å². The third-order valence-corrected chi connectivity index (χ3v) is 2.93. The molecule has 0 bridgehead atoms. The van der Waals surface area contributed by atoms with E-state index in [0.29, 0.717) is 0 Å². The second-order valence-electron chi connectivity index (χ2n) is 4.36. The molecule has 96 valence electrons. The molecule has 0 aliphatic heterocycles. The first-order valence-electron chi connectivity index (χ1n) is 6.14. The molecule has 0 saturated carbocycles. The van der Waals surface area contributed by atoms with Crippen LogP contribution in [0.2, 0.25) is 0 Å². The van der Waals surface area contributed by atoms with E-state index in [1.165, 1.54) is 12.1 Å². The Hall–Kier alpha value is -1.68. The molecule has 0 atom stereocenters. The molecule has 18 heavy (non-hydrogen) atoms. The van der Waals surface area contributed by atoms with E-state index in [9.17, 15) is 4.39 Å². The highest BCUT2D eigenvalue weighted by atomic mass is 19.1. The van der Waals surface area contributed by atoms with Gasteiger partial charge in [0.15, 0.2) is 0 Å². The fourth-order valence-corrected chi connectivity index (χ4v) is 1.99. The standard InChI is InChI=1S/C14H18FN3/c1-16-9-3-4-13-10-14(18(2)17-13)11-5-7-12(15)8-6-11/h5-8,10,16H,3-4,9H2,1-2H3. The fraction of sp³-hybridized carbons (Fsp3) is 0.357. The largest absolute Gasteiger partial charge is 0.320 e. The van der Waals surface area contributed by atoms with Crippen LogP contribution in [0.25, 0.3) is 11.3 Å². The molecule has 1 aromatic heterocycles. The van der Waals surface area contributed by atoms with Crippen LogP contribution in [0, 0.1) is 5.82 Å². The maximum Gasteiger partial charge on any atom is 0.123 e. The van der Waals surface area contributed by atoms with Crippen molar-refractivity contribution in [3.8, 4) is 11.3 Å². The molecule has 3 nitrogen and oxygen atoms in total. The lowest BCUT2D eigenvalue weighted by Gasteiger charge is -2.00. The second-order valence-corrected chi connectivity index (χ2v) is 4.36. The molecule has 0 fully saturated rings. The number of rotatable bonds is 5. The van der Waals surface area contributed by atoms with Crippen molar-refractivity contribution in [3.05, 3.63) is 41.8 Å². The first-order valence-corrected chi connectivity index (χ1v) is 6.14. The normalized spacial score (nSPS) is 10.8. The highest BCUT2D eigenvalue weighted by Gasteiger charge is 2.07. The minimum atomic E-state index is -0.213. The first-order chi connectivity index (χ1) is 8.70. The lowest BCUT2D eigenvalue weighted by molar-refractivity contribution is 0.628. The van der Waals surface area contributed by atoms with Gasteiger partial charge in [0.2, 0.25) is 0 Å². The van der Waals surface area contributed by atoms with Gasteiger partial charge in [0.25, 0.3) is 0 Å². The first kappa shape index (κ1) is 12.8. The number of hydrogen-bond acceptors (Lipinski definition) is 2. The number of aromatic nitrogens is 2. The maximum absolute atomic E-state index is 12.9. The van der Waals surface area contributed by atoms with E-state index in [0.717, 1.165) is 36.3 Å². The second kappa shape index (κ2) is 5.78. The molecule has 1 N–H and O–H groups in total. The summed E-state index contributed by atoms with van der Waals surface area (Å²) < 4.78 is 14.7. The van der Waals surface area contributed by atoms with E-state index < -0.39 is 0 Å². The zero-order valence-electron chi connectivity index (χ0n) is 10.8. The molecule has 1 aromatic carbocycles. The summed E-state index contributed by atoms with van der Waals surface area (Å²) in [6.45, 7) is 0.989. The summed E-state index contributed by atoms with van der Waals surface area (Å²) in [6.07, 6.45) is 2.02. The monoisotopic (exact) mass is 247 g/mol. The van der Waals surface area contributed by atoms with Crippen LogP contribution in [0.15, 0.2) is 30.3 Å². The van der Waals surface area contributed by atoms with Gasteiger partial charge >= 0.3 is 0 Å². The summed E-state index contributed by atoms with van der Waals surface area (Å²) in [7, 11) is 3.86. The van der Waals surface area contributed by atoms with Crippen molar-refractivity contribution in [2.45, 2.75) is 12.8 Å².